The van der Waals surface area contributed by atoms with Crippen molar-refractivity contribution >= 4 is 17.7 Å². The Morgan fingerprint density at radius 2 is 2.41 bits per heavy atom. The number of carbonyl (C=O) groups excluding carboxylic acids is 2. The summed E-state index contributed by atoms with van der Waals surface area (Å²) in [4.78, 5) is 22.8. The Morgan fingerprint density at radius 3 is 2.82 bits per heavy atom. The highest BCUT2D eigenvalue weighted by molar-refractivity contribution is 6.11. The van der Waals surface area contributed by atoms with Crippen molar-refractivity contribution in [2.75, 3.05) is 6.61 Å². The number of esters is 2. The van der Waals surface area contributed by atoms with E-state index >= 15 is 0 Å². The van der Waals surface area contributed by atoms with Crippen LogP contribution in [0.15, 0.2) is 0 Å². The van der Waals surface area contributed by atoms with E-state index in [4.69, 9.17) is 15.4 Å². The average Bonchev–Trinajstić information content (AvgIpc) is 2.59. The quantitative estimate of drug-likeness (QED) is 0.572. The molecule has 1 aliphatic rings. The van der Waals surface area contributed by atoms with Crippen molar-refractivity contribution in [3.8, 4) is 6.07 Å². The molecular weight excluding hydrogens is 224 g/mol. The molecule has 0 aromatic rings. The molecule has 0 radical (unpaired) electrons. The SMILES string of the molecule is CCOC(=O)[C@H](C#N)C(=N)[C@@H]1C[C@H](C)OC1=O. The van der Waals surface area contributed by atoms with E-state index in [2.05, 4.69) is 4.74 Å². The summed E-state index contributed by atoms with van der Waals surface area (Å²) in [6.45, 7) is 3.45. The summed E-state index contributed by atoms with van der Waals surface area (Å²) in [5, 5.41) is 16.6. The zero-order chi connectivity index (χ0) is 13.0. The molecule has 1 rings (SSSR count). The predicted octanol–water partition coefficient (Wildman–Crippen LogP) is 0.661. The maximum absolute atomic E-state index is 11.4. The number of nitrogens with zero attached hydrogens (tertiary/aromatic N) is 1. The Hall–Kier alpha value is -1.90. The van der Waals surface area contributed by atoms with Crippen molar-refractivity contribution in [1.82, 2.24) is 0 Å². The van der Waals surface area contributed by atoms with E-state index < -0.39 is 23.8 Å². The van der Waals surface area contributed by atoms with E-state index in [1.165, 1.54) is 0 Å². The van der Waals surface area contributed by atoms with Gasteiger partial charge in [-0.25, -0.2) is 0 Å². The van der Waals surface area contributed by atoms with Crippen molar-refractivity contribution in [1.29, 1.82) is 10.7 Å². The van der Waals surface area contributed by atoms with Gasteiger partial charge >= 0.3 is 11.9 Å². The van der Waals surface area contributed by atoms with E-state index in [1.807, 2.05) is 0 Å². The highest BCUT2D eigenvalue weighted by Crippen LogP contribution is 2.24. The van der Waals surface area contributed by atoms with Gasteiger partial charge in [0, 0.05) is 6.42 Å². The number of rotatable bonds is 4. The van der Waals surface area contributed by atoms with Crippen LogP contribution in [-0.4, -0.2) is 30.4 Å². The molecule has 0 aliphatic carbocycles. The molecule has 92 valence electrons. The van der Waals surface area contributed by atoms with Crippen molar-refractivity contribution in [2.24, 2.45) is 11.8 Å². The lowest BCUT2D eigenvalue weighted by Gasteiger charge is -2.12. The summed E-state index contributed by atoms with van der Waals surface area (Å²) < 4.78 is 9.57. The van der Waals surface area contributed by atoms with Crippen LogP contribution in [0.25, 0.3) is 0 Å². The maximum atomic E-state index is 11.4. The summed E-state index contributed by atoms with van der Waals surface area (Å²) in [6.07, 6.45) is 0.0456. The molecule has 0 aromatic heterocycles. The van der Waals surface area contributed by atoms with E-state index in [0.29, 0.717) is 6.42 Å². The zero-order valence-electron chi connectivity index (χ0n) is 9.73. The third kappa shape index (κ3) is 2.81. The monoisotopic (exact) mass is 238 g/mol. The summed E-state index contributed by atoms with van der Waals surface area (Å²) in [6, 6.07) is 1.69. The molecule has 1 aliphatic heterocycles. The number of nitriles is 1. The molecule has 3 atom stereocenters. The second kappa shape index (κ2) is 5.43. The Balaban J connectivity index is 2.77. The summed E-state index contributed by atoms with van der Waals surface area (Å²) >= 11 is 0. The van der Waals surface area contributed by atoms with Gasteiger partial charge in [0.2, 0.25) is 0 Å². The van der Waals surface area contributed by atoms with Crippen molar-refractivity contribution in [2.45, 2.75) is 26.4 Å². The second-order valence-electron chi connectivity index (χ2n) is 3.81. The zero-order valence-corrected chi connectivity index (χ0v) is 9.73. The minimum Gasteiger partial charge on any atom is -0.465 e. The molecule has 6 nitrogen and oxygen atoms in total. The van der Waals surface area contributed by atoms with E-state index in [0.717, 1.165) is 0 Å². The first-order valence-corrected chi connectivity index (χ1v) is 5.36. The first kappa shape index (κ1) is 13.2. The number of ether oxygens (including phenoxy) is 2. The van der Waals surface area contributed by atoms with Crippen LogP contribution in [0.5, 0.6) is 0 Å². The number of nitrogens with one attached hydrogen (secondary N) is 1. The average molecular weight is 238 g/mol. The number of hydrogen-bond donors (Lipinski definition) is 1. The lowest BCUT2D eigenvalue weighted by Crippen LogP contribution is -2.32. The summed E-state index contributed by atoms with van der Waals surface area (Å²) in [5.41, 5.74) is -0.236. The van der Waals surface area contributed by atoms with Gasteiger partial charge in [-0.1, -0.05) is 0 Å². The molecule has 0 amide bonds. The summed E-state index contributed by atoms with van der Waals surface area (Å²) in [7, 11) is 0. The fourth-order valence-electron chi connectivity index (χ4n) is 1.69. The molecule has 1 heterocycles. The Labute approximate surface area is 99.0 Å². The fraction of sp³-hybridized carbons (Fsp3) is 0.636. The van der Waals surface area contributed by atoms with Gasteiger partial charge in [-0.3, -0.25) is 9.59 Å². The lowest BCUT2D eigenvalue weighted by molar-refractivity contribution is -0.144. The van der Waals surface area contributed by atoms with E-state index in [-0.39, 0.29) is 18.4 Å². The third-order valence-electron chi connectivity index (χ3n) is 2.51. The van der Waals surface area contributed by atoms with Crippen molar-refractivity contribution < 1.29 is 19.1 Å². The van der Waals surface area contributed by atoms with Gasteiger partial charge in [0.15, 0.2) is 5.92 Å². The highest BCUT2D eigenvalue weighted by atomic mass is 16.6. The highest BCUT2D eigenvalue weighted by Gasteiger charge is 2.40. The topological polar surface area (TPSA) is 100 Å². The first-order chi connectivity index (χ1) is 8.01. The number of cyclic esters (lactones) is 1. The molecule has 0 unspecified atom stereocenters. The van der Waals surface area contributed by atoms with Gasteiger partial charge in [0.1, 0.15) is 6.10 Å². The Bertz CT molecular complexity index is 385. The van der Waals surface area contributed by atoms with Crippen LogP contribution in [-0.2, 0) is 19.1 Å². The van der Waals surface area contributed by atoms with Crippen LogP contribution in [0.2, 0.25) is 0 Å². The fourth-order valence-corrected chi connectivity index (χ4v) is 1.69. The molecule has 0 bridgehead atoms. The van der Waals surface area contributed by atoms with E-state index in [1.54, 1.807) is 19.9 Å². The van der Waals surface area contributed by atoms with Gasteiger partial charge in [-0.2, -0.15) is 5.26 Å². The molecule has 0 aromatic carbocycles. The Kier molecular flexibility index (Phi) is 4.21. The number of carbonyl (C=O) groups is 2. The standard InChI is InChI=1S/C11H14N2O4/c1-3-16-10(14)8(5-12)9(13)7-4-6(2)17-11(7)15/h6-8,13H,3-4H2,1-2H3/t6-,7-,8+/m0/s1. The first-order valence-electron chi connectivity index (χ1n) is 5.36. The van der Waals surface area contributed by atoms with Crippen LogP contribution >= 0.6 is 0 Å². The van der Waals surface area contributed by atoms with Crippen molar-refractivity contribution in [3.63, 3.8) is 0 Å². The predicted molar refractivity (Wildman–Crippen MR) is 57.1 cm³/mol. The molecule has 1 fully saturated rings. The van der Waals surface area contributed by atoms with Crippen LogP contribution in [0.4, 0.5) is 0 Å². The van der Waals surface area contributed by atoms with Crippen molar-refractivity contribution in [3.05, 3.63) is 0 Å². The molecule has 17 heavy (non-hydrogen) atoms. The molecular formula is C11H14N2O4. The Morgan fingerprint density at radius 1 is 1.76 bits per heavy atom. The summed E-state index contributed by atoms with van der Waals surface area (Å²) in [5.74, 6) is -3.46. The van der Waals surface area contributed by atoms with Crippen LogP contribution in [0, 0.1) is 28.6 Å². The number of hydrogen-bond acceptors (Lipinski definition) is 6. The van der Waals surface area contributed by atoms with Crippen LogP contribution in [0.1, 0.15) is 20.3 Å². The maximum Gasteiger partial charge on any atom is 0.329 e. The van der Waals surface area contributed by atoms with Crippen LogP contribution < -0.4 is 0 Å². The molecule has 1 saturated heterocycles. The van der Waals surface area contributed by atoms with Crippen LogP contribution in [0.3, 0.4) is 0 Å². The smallest absolute Gasteiger partial charge is 0.329 e. The third-order valence-corrected chi connectivity index (χ3v) is 2.51. The lowest BCUT2D eigenvalue weighted by atomic mass is 9.90. The van der Waals surface area contributed by atoms with E-state index in [9.17, 15) is 9.59 Å². The molecule has 0 saturated carbocycles. The molecule has 6 heteroatoms. The molecule has 1 N–H and O–H groups in total. The van der Waals surface area contributed by atoms with Gasteiger partial charge in [0.25, 0.3) is 0 Å². The largest absolute Gasteiger partial charge is 0.465 e. The van der Waals surface area contributed by atoms with Gasteiger partial charge in [-0.15, -0.1) is 0 Å². The minimum atomic E-state index is -1.32. The molecule has 0 spiro atoms. The van der Waals surface area contributed by atoms with Gasteiger partial charge in [0.05, 0.1) is 24.3 Å². The van der Waals surface area contributed by atoms with Gasteiger partial charge in [-0.05, 0) is 13.8 Å². The normalized spacial score (nSPS) is 24.6. The van der Waals surface area contributed by atoms with Gasteiger partial charge < -0.3 is 14.9 Å². The second-order valence-corrected chi connectivity index (χ2v) is 3.81. The minimum absolute atomic E-state index is 0.135.